The highest BCUT2D eigenvalue weighted by Gasteiger charge is 2.73. The zero-order chi connectivity index (χ0) is 27.4. The molecule has 0 saturated heterocycles. The molecule has 0 heterocycles. The zero-order valence-corrected chi connectivity index (χ0v) is 23.3. The van der Waals surface area contributed by atoms with Gasteiger partial charge in [-0.2, -0.15) is 0 Å². The smallest absolute Gasteiger partial charge is 0.312 e. The predicted octanol–water partition coefficient (Wildman–Crippen LogP) is 4.32. The van der Waals surface area contributed by atoms with E-state index in [1.165, 1.54) is 0 Å². The molecular weight excluding hydrogens is 472 g/mol. The van der Waals surface area contributed by atoms with Gasteiger partial charge in [0.1, 0.15) is 0 Å². The zero-order valence-electron chi connectivity index (χ0n) is 23.3. The highest BCUT2D eigenvalue weighted by Crippen LogP contribution is 2.77. The Morgan fingerprint density at radius 2 is 1.49 bits per heavy atom. The van der Waals surface area contributed by atoms with Gasteiger partial charge in [-0.25, -0.2) is 0 Å². The van der Waals surface area contributed by atoms with Gasteiger partial charge in [0.05, 0.1) is 29.1 Å². The molecule has 5 fully saturated rings. The van der Waals surface area contributed by atoms with Crippen LogP contribution in [0.15, 0.2) is 0 Å². The molecule has 7 nitrogen and oxygen atoms in total. The lowest BCUT2D eigenvalue weighted by molar-refractivity contribution is -0.255. The molecule has 0 aromatic rings. The molecule has 0 amide bonds. The molecule has 5 saturated carbocycles. The van der Waals surface area contributed by atoms with Crippen molar-refractivity contribution in [2.75, 3.05) is 6.61 Å². The summed E-state index contributed by atoms with van der Waals surface area (Å²) in [6, 6.07) is 0. The molecule has 12 atom stereocenters. The average Bonchev–Trinajstić information content (AvgIpc) is 3.24. The molecule has 5 aliphatic carbocycles. The van der Waals surface area contributed by atoms with Crippen LogP contribution in [0.1, 0.15) is 98.8 Å². The SMILES string of the molecule is C[C@]12CC[C@@H](O)[C@@](C)(C(=O)O)[C@@H]1CC[C@]1(C)[C@@H]2CC[C@@H]2[C@H]3[C@H]([C@](C)(O)CO)CC[C@]3(C(=O)O)CC[C@]21C. The normalized spacial score (nSPS) is 54.7. The molecular formula is C30H48O7. The van der Waals surface area contributed by atoms with Crippen molar-refractivity contribution in [3.05, 3.63) is 0 Å². The van der Waals surface area contributed by atoms with E-state index < -0.39 is 34.5 Å². The van der Waals surface area contributed by atoms with Crippen molar-refractivity contribution in [2.24, 2.45) is 56.7 Å². The highest BCUT2D eigenvalue weighted by atomic mass is 16.4. The second kappa shape index (κ2) is 8.17. The van der Waals surface area contributed by atoms with Crippen LogP contribution >= 0.6 is 0 Å². The fourth-order valence-corrected chi connectivity index (χ4v) is 11.7. The molecule has 210 valence electrons. The maximum Gasteiger partial charge on any atom is 0.312 e. The predicted molar refractivity (Wildman–Crippen MR) is 137 cm³/mol. The summed E-state index contributed by atoms with van der Waals surface area (Å²) in [6.07, 6.45) is 6.44. The third-order valence-corrected chi connectivity index (χ3v) is 14.1. The van der Waals surface area contributed by atoms with Crippen LogP contribution in [0.5, 0.6) is 0 Å². The number of rotatable bonds is 4. The monoisotopic (exact) mass is 520 g/mol. The fourth-order valence-electron chi connectivity index (χ4n) is 11.7. The first-order chi connectivity index (χ1) is 17.1. The van der Waals surface area contributed by atoms with E-state index >= 15 is 0 Å². The van der Waals surface area contributed by atoms with Crippen molar-refractivity contribution in [2.45, 2.75) is 111 Å². The van der Waals surface area contributed by atoms with Crippen LogP contribution in [0.4, 0.5) is 0 Å². The van der Waals surface area contributed by atoms with Crippen molar-refractivity contribution in [1.82, 2.24) is 0 Å². The van der Waals surface area contributed by atoms with Crippen LogP contribution in [0.2, 0.25) is 0 Å². The van der Waals surface area contributed by atoms with Gasteiger partial charge in [-0.15, -0.1) is 0 Å². The molecule has 0 radical (unpaired) electrons. The topological polar surface area (TPSA) is 135 Å². The Bertz CT molecular complexity index is 979. The van der Waals surface area contributed by atoms with Gasteiger partial charge in [0, 0.05) is 0 Å². The number of aliphatic hydroxyl groups excluding tert-OH is 2. The molecule has 0 aliphatic heterocycles. The number of fused-ring (bicyclic) bond motifs is 7. The van der Waals surface area contributed by atoms with E-state index in [1.807, 2.05) is 0 Å². The number of carboxylic acids is 2. The first-order valence-electron chi connectivity index (χ1n) is 14.5. The third-order valence-electron chi connectivity index (χ3n) is 14.1. The minimum Gasteiger partial charge on any atom is -0.481 e. The van der Waals surface area contributed by atoms with E-state index in [2.05, 4.69) is 20.8 Å². The van der Waals surface area contributed by atoms with Crippen molar-refractivity contribution in [3.63, 3.8) is 0 Å². The largest absolute Gasteiger partial charge is 0.481 e. The number of aliphatic carboxylic acids is 2. The van der Waals surface area contributed by atoms with Crippen LogP contribution in [0, 0.1) is 56.7 Å². The standard InChI is InChI=1S/C30H48O7/c1-25-11-10-21(32)29(5,23(33)34)20(25)9-12-27(3)19(25)7-6-17-22-18(28(4,37)16-31)8-13-30(22,24(35)36)15-14-26(17,27)2/h17-22,31-32,37H,6-16H2,1-5H3,(H,33,34)(H,35,36)/t17-,18-,19-,20-,21-,22+,25-,26-,27-,28-,29+,30+/m1/s1. The van der Waals surface area contributed by atoms with E-state index in [0.717, 1.165) is 38.5 Å². The maximum absolute atomic E-state index is 12.8. The summed E-state index contributed by atoms with van der Waals surface area (Å²) in [5.41, 5.74) is -3.77. The number of hydrogen-bond acceptors (Lipinski definition) is 5. The third kappa shape index (κ3) is 3.17. The molecule has 0 spiro atoms. The molecule has 7 heteroatoms. The van der Waals surface area contributed by atoms with E-state index in [-0.39, 0.29) is 46.5 Å². The van der Waals surface area contributed by atoms with Crippen molar-refractivity contribution in [3.8, 4) is 0 Å². The molecule has 37 heavy (non-hydrogen) atoms. The van der Waals surface area contributed by atoms with E-state index in [4.69, 9.17) is 0 Å². The quantitative estimate of drug-likeness (QED) is 0.372. The summed E-state index contributed by atoms with van der Waals surface area (Å²) >= 11 is 0. The maximum atomic E-state index is 12.8. The summed E-state index contributed by atoms with van der Waals surface area (Å²) in [4.78, 5) is 25.4. The van der Waals surface area contributed by atoms with Gasteiger partial charge in [-0.1, -0.05) is 20.8 Å². The fraction of sp³-hybridized carbons (Fsp3) is 0.933. The van der Waals surface area contributed by atoms with E-state index in [1.54, 1.807) is 13.8 Å². The molecule has 0 aromatic carbocycles. The van der Waals surface area contributed by atoms with Crippen molar-refractivity contribution in [1.29, 1.82) is 0 Å². The van der Waals surface area contributed by atoms with Gasteiger partial charge in [-0.05, 0) is 124 Å². The minimum absolute atomic E-state index is 0.0915. The van der Waals surface area contributed by atoms with Gasteiger partial charge in [0.15, 0.2) is 0 Å². The lowest BCUT2D eigenvalue weighted by Crippen LogP contribution is -2.68. The Labute approximate surface area is 221 Å². The summed E-state index contributed by atoms with van der Waals surface area (Å²) in [7, 11) is 0. The van der Waals surface area contributed by atoms with Gasteiger partial charge in [0.2, 0.25) is 0 Å². The number of hydrogen-bond donors (Lipinski definition) is 5. The van der Waals surface area contributed by atoms with Gasteiger partial charge < -0.3 is 25.5 Å². The molecule has 0 aromatic heterocycles. The summed E-state index contributed by atoms with van der Waals surface area (Å²) in [5.74, 6) is -1.78. The lowest BCUT2D eigenvalue weighted by Gasteiger charge is -2.72. The average molecular weight is 521 g/mol. The Balaban J connectivity index is 1.58. The van der Waals surface area contributed by atoms with E-state index in [0.29, 0.717) is 31.6 Å². The summed E-state index contributed by atoms with van der Waals surface area (Å²) < 4.78 is 0. The number of carbonyl (C=O) groups is 2. The van der Waals surface area contributed by atoms with Crippen LogP contribution < -0.4 is 0 Å². The number of aliphatic hydroxyl groups is 3. The summed E-state index contributed by atoms with van der Waals surface area (Å²) in [5, 5.41) is 53.0. The first kappa shape index (κ1) is 27.4. The Kier molecular flexibility index (Phi) is 6.05. The second-order valence-corrected chi connectivity index (χ2v) is 15.0. The van der Waals surface area contributed by atoms with Gasteiger partial charge in [-0.3, -0.25) is 9.59 Å². The van der Waals surface area contributed by atoms with Crippen LogP contribution in [-0.4, -0.2) is 55.8 Å². The molecule has 5 N–H and O–H groups in total. The molecule has 0 bridgehead atoms. The lowest BCUT2D eigenvalue weighted by atomic mass is 9.32. The van der Waals surface area contributed by atoms with E-state index in [9.17, 15) is 35.1 Å². The number of carboxylic acid groups (broad SMARTS) is 2. The molecule has 5 aliphatic rings. The second-order valence-electron chi connectivity index (χ2n) is 15.0. The minimum atomic E-state index is -1.32. The Morgan fingerprint density at radius 3 is 2.08 bits per heavy atom. The van der Waals surface area contributed by atoms with Crippen molar-refractivity contribution < 1.29 is 35.1 Å². The van der Waals surface area contributed by atoms with Gasteiger partial charge in [0.25, 0.3) is 0 Å². The van der Waals surface area contributed by atoms with Crippen LogP contribution in [-0.2, 0) is 9.59 Å². The van der Waals surface area contributed by atoms with Crippen LogP contribution in [0.3, 0.4) is 0 Å². The van der Waals surface area contributed by atoms with Crippen molar-refractivity contribution >= 4 is 11.9 Å². The molecule has 5 rings (SSSR count). The first-order valence-corrected chi connectivity index (χ1v) is 14.5. The van der Waals surface area contributed by atoms with Gasteiger partial charge >= 0.3 is 11.9 Å². The summed E-state index contributed by atoms with van der Waals surface area (Å²) in [6.45, 7) is 10.1. The Morgan fingerprint density at radius 1 is 0.811 bits per heavy atom. The highest BCUT2D eigenvalue weighted by molar-refractivity contribution is 5.76. The molecule has 0 unspecified atom stereocenters. The Hall–Kier alpha value is -1.18. The van der Waals surface area contributed by atoms with Crippen LogP contribution in [0.25, 0.3) is 0 Å².